The average Bonchev–Trinajstić information content (AvgIpc) is 3.60. The number of aromatic amines is 1. The van der Waals surface area contributed by atoms with E-state index in [1.807, 2.05) is 18.2 Å². The minimum atomic E-state index is -0.520. The summed E-state index contributed by atoms with van der Waals surface area (Å²) in [5.74, 6) is 1.35. The van der Waals surface area contributed by atoms with Gasteiger partial charge in [-0.25, -0.2) is 4.68 Å². The molecule has 1 atom stereocenters. The number of furan rings is 1. The molecule has 1 aromatic carbocycles. The number of carbonyl (C=O) groups excluding carboxylic acids is 1. The summed E-state index contributed by atoms with van der Waals surface area (Å²) in [6, 6.07) is 10.2. The van der Waals surface area contributed by atoms with Crippen LogP contribution in [0.4, 0.5) is 0 Å². The summed E-state index contributed by atoms with van der Waals surface area (Å²) in [5, 5.41) is 13.2. The predicted molar refractivity (Wildman–Crippen MR) is 129 cm³/mol. The average molecular weight is 494 g/mol. The molecule has 0 saturated carbocycles. The first-order valence-corrected chi connectivity index (χ1v) is 11.6. The standard InChI is InChI=1S/C24H27N7O5/c1-34-13-11-31-22(26-27-28-31)21(18-14-16-5-6-17(35-2)15-19(16)25-23(18)32)29-7-9-30(10-8-29)24(33)20-4-3-12-36-20/h3-6,12,14-15,21H,7-11,13H2,1-2H3,(H,25,32)/t21-/m0/s1. The minimum Gasteiger partial charge on any atom is -0.497 e. The van der Waals surface area contributed by atoms with Crippen LogP contribution in [-0.2, 0) is 11.3 Å². The fourth-order valence-electron chi connectivity index (χ4n) is 4.51. The molecule has 1 N–H and O–H groups in total. The molecule has 1 aliphatic heterocycles. The highest BCUT2D eigenvalue weighted by atomic mass is 16.5. The van der Waals surface area contributed by atoms with E-state index < -0.39 is 6.04 Å². The molecule has 1 amide bonds. The molecule has 1 aliphatic rings. The summed E-state index contributed by atoms with van der Waals surface area (Å²) in [6.45, 7) is 2.85. The molecule has 36 heavy (non-hydrogen) atoms. The van der Waals surface area contributed by atoms with Gasteiger partial charge in [-0.05, 0) is 46.1 Å². The van der Waals surface area contributed by atoms with Gasteiger partial charge in [0.05, 0.1) is 32.0 Å². The highest BCUT2D eigenvalue weighted by Gasteiger charge is 2.34. The van der Waals surface area contributed by atoms with E-state index in [1.54, 1.807) is 42.0 Å². The molecule has 12 heteroatoms. The van der Waals surface area contributed by atoms with Crippen molar-refractivity contribution in [3.63, 3.8) is 0 Å². The molecule has 0 radical (unpaired) electrons. The van der Waals surface area contributed by atoms with Gasteiger partial charge in [-0.3, -0.25) is 14.5 Å². The number of pyridine rings is 1. The van der Waals surface area contributed by atoms with Crippen LogP contribution >= 0.6 is 0 Å². The number of hydrogen-bond donors (Lipinski definition) is 1. The zero-order chi connectivity index (χ0) is 25.1. The van der Waals surface area contributed by atoms with Crippen LogP contribution in [0.3, 0.4) is 0 Å². The van der Waals surface area contributed by atoms with Gasteiger partial charge in [0.15, 0.2) is 11.6 Å². The van der Waals surface area contributed by atoms with Gasteiger partial charge in [0.1, 0.15) is 11.8 Å². The Bertz CT molecular complexity index is 1390. The Morgan fingerprint density at radius 1 is 1.17 bits per heavy atom. The number of aromatic nitrogens is 5. The maximum Gasteiger partial charge on any atom is 0.289 e. The van der Waals surface area contributed by atoms with Crippen molar-refractivity contribution in [2.45, 2.75) is 12.6 Å². The monoisotopic (exact) mass is 493 g/mol. The molecule has 1 fully saturated rings. The van der Waals surface area contributed by atoms with E-state index in [4.69, 9.17) is 13.9 Å². The second-order valence-corrected chi connectivity index (χ2v) is 8.47. The quantitative estimate of drug-likeness (QED) is 0.386. The second kappa shape index (κ2) is 10.3. The van der Waals surface area contributed by atoms with Crippen molar-refractivity contribution in [3.8, 4) is 5.75 Å². The number of fused-ring (bicyclic) bond motifs is 1. The number of hydrogen-bond acceptors (Lipinski definition) is 9. The molecule has 4 heterocycles. The van der Waals surface area contributed by atoms with Crippen molar-refractivity contribution < 1.29 is 18.7 Å². The van der Waals surface area contributed by atoms with Crippen molar-refractivity contribution in [1.82, 2.24) is 35.0 Å². The van der Waals surface area contributed by atoms with Crippen molar-refractivity contribution in [2.75, 3.05) is 47.0 Å². The van der Waals surface area contributed by atoms with E-state index >= 15 is 0 Å². The molecule has 1 saturated heterocycles. The van der Waals surface area contributed by atoms with Gasteiger partial charge < -0.3 is 23.8 Å². The lowest BCUT2D eigenvalue weighted by molar-refractivity contribution is 0.0557. The highest BCUT2D eigenvalue weighted by molar-refractivity contribution is 5.91. The van der Waals surface area contributed by atoms with Crippen molar-refractivity contribution in [1.29, 1.82) is 0 Å². The molecule has 0 bridgehead atoms. The summed E-state index contributed by atoms with van der Waals surface area (Å²) in [5.41, 5.74) is 0.956. The van der Waals surface area contributed by atoms with Crippen LogP contribution in [0.2, 0.25) is 0 Å². The van der Waals surface area contributed by atoms with Crippen molar-refractivity contribution >= 4 is 16.8 Å². The minimum absolute atomic E-state index is 0.154. The molecule has 12 nitrogen and oxygen atoms in total. The smallest absolute Gasteiger partial charge is 0.289 e. The third kappa shape index (κ3) is 4.60. The lowest BCUT2D eigenvalue weighted by Gasteiger charge is -2.38. The van der Waals surface area contributed by atoms with Gasteiger partial charge in [0, 0.05) is 44.9 Å². The Kier molecular flexibility index (Phi) is 6.78. The fourth-order valence-corrected chi connectivity index (χ4v) is 4.51. The number of H-pyrrole nitrogens is 1. The predicted octanol–water partition coefficient (Wildman–Crippen LogP) is 1.31. The number of nitrogens with one attached hydrogen (secondary N) is 1. The molecule has 0 aliphatic carbocycles. The SMILES string of the molecule is COCCn1nnnc1[C@H](c1cc2ccc(OC)cc2[nH]c1=O)N1CCN(C(=O)c2ccco2)CC1. The van der Waals surface area contributed by atoms with Crippen LogP contribution in [0.25, 0.3) is 10.9 Å². The largest absolute Gasteiger partial charge is 0.497 e. The van der Waals surface area contributed by atoms with Gasteiger partial charge >= 0.3 is 0 Å². The third-order valence-corrected chi connectivity index (χ3v) is 6.39. The van der Waals surface area contributed by atoms with E-state index in [0.717, 1.165) is 5.39 Å². The molecule has 3 aromatic heterocycles. The lowest BCUT2D eigenvalue weighted by atomic mass is 10.0. The van der Waals surface area contributed by atoms with Crippen LogP contribution in [0.5, 0.6) is 5.75 Å². The van der Waals surface area contributed by atoms with Gasteiger partial charge in [-0.15, -0.1) is 5.10 Å². The Balaban J connectivity index is 1.50. The summed E-state index contributed by atoms with van der Waals surface area (Å²) in [4.78, 5) is 33.0. The molecule has 4 aromatic rings. The summed E-state index contributed by atoms with van der Waals surface area (Å²) < 4.78 is 17.4. The number of rotatable bonds is 8. The molecule has 0 spiro atoms. The summed E-state index contributed by atoms with van der Waals surface area (Å²) >= 11 is 0. The van der Waals surface area contributed by atoms with Gasteiger partial charge in [-0.1, -0.05) is 0 Å². The van der Waals surface area contributed by atoms with E-state index in [1.165, 1.54) is 6.26 Å². The zero-order valence-corrected chi connectivity index (χ0v) is 20.1. The number of benzene rings is 1. The Morgan fingerprint density at radius 3 is 2.72 bits per heavy atom. The van der Waals surface area contributed by atoms with Gasteiger partial charge in [0.25, 0.3) is 11.5 Å². The summed E-state index contributed by atoms with van der Waals surface area (Å²) in [7, 11) is 3.19. The molecule has 188 valence electrons. The number of ether oxygens (including phenoxy) is 2. The fraction of sp³-hybridized carbons (Fsp3) is 0.375. The highest BCUT2D eigenvalue weighted by Crippen LogP contribution is 2.29. The van der Waals surface area contributed by atoms with E-state index in [0.29, 0.717) is 67.7 Å². The molecule has 5 rings (SSSR count). The van der Waals surface area contributed by atoms with Crippen LogP contribution in [0, 0.1) is 0 Å². The van der Waals surface area contributed by atoms with Gasteiger partial charge in [-0.2, -0.15) is 0 Å². The van der Waals surface area contributed by atoms with Crippen molar-refractivity contribution in [2.24, 2.45) is 0 Å². The number of nitrogens with zero attached hydrogens (tertiary/aromatic N) is 6. The van der Waals surface area contributed by atoms with Crippen LogP contribution in [-0.4, -0.2) is 87.9 Å². The van der Waals surface area contributed by atoms with E-state index in [-0.39, 0.29) is 11.5 Å². The van der Waals surface area contributed by atoms with E-state index in [2.05, 4.69) is 25.4 Å². The molecule has 0 unspecified atom stereocenters. The topological polar surface area (TPSA) is 132 Å². The first-order valence-electron chi connectivity index (χ1n) is 11.6. The number of tetrazole rings is 1. The van der Waals surface area contributed by atoms with Crippen LogP contribution < -0.4 is 10.3 Å². The molecular formula is C24H27N7O5. The maximum atomic E-state index is 13.4. The lowest BCUT2D eigenvalue weighted by Crippen LogP contribution is -2.50. The zero-order valence-electron chi connectivity index (χ0n) is 20.1. The van der Waals surface area contributed by atoms with Gasteiger partial charge in [0.2, 0.25) is 0 Å². The Morgan fingerprint density at radius 2 is 2.00 bits per heavy atom. The molecular weight excluding hydrogens is 466 g/mol. The number of carbonyl (C=O) groups is 1. The number of amides is 1. The maximum absolute atomic E-state index is 13.4. The first kappa shape index (κ1) is 23.7. The Hall–Kier alpha value is -4.03. The van der Waals surface area contributed by atoms with Crippen LogP contribution in [0.15, 0.2) is 51.9 Å². The van der Waals surface area contributed by atoms with Crippen molar-refractivity contribution in [3.05, 3.63) is 70.2 Å². The number of methoxy groups -OCH3 is 2. The summed E-state index contributed by atoms with van der Waals surface area (Å²) in [6.07, 6.45) is 1.49. The second-order valence-electron chi connectivity index (χ2n) is 8.47. The third-order valence-electron chi connectivity index (χ3n) is 6.39. The normalized spacial score (nSPS) is 15.3. The van der Waals surface area contributed by atoms with E-state index in [9.17, 15) is 9.59 Å². The van der Waals surface area contributed by atoms with Crippen LogP contribution in [0.1, 0.15) is 28.0 Å². The first-order chi connectivity index (χ1) is 17.6. The Labute approximate surface area is 206 Å². The number of piperazine rings is 1.